The number of hydrogen-bond acceptors (Lipinski definition) is 3. The number of carbonyl (C=O) groups excluding carboxylic acids is 1. The van der Waals surface area contributed by atoms with Crippen molar-refractivity contribution in [2.75, 3.05) is 13.7 Å². The van der Waals surface area contributed by atoms with E-state index in [0.717, 1.165) is 0 Å². The van der Waals surface area contributed by atoms with Crippen molar-refractivity contribution in [1.29, 1.82) is 0 Å². The van der Waals surface area contributed by atoms with E-state index in [1.807, 2.05) is 14.0 Å². The first kappa shape index (κ1) is 9.97. The van der Waals surface area contributed by atoms with Gasteiger partial charge >= 0.3 is 5.97 Å². The summed E-state index contributed by atoms with van der Waals surface area (Å²) in [6.45, 7) is 2.38. The molecule has 2 rings (SSSR count). The lowest BCUT2D eigenvalue weighted by Crippen LogP contribution is -2.43. The molecule has 4 atom stereocenters. The summed E-state index contributed by atoms with van der Waals surface area (Å²) < 4.78 is 5.13. The Balaban J connectivity index is 2.06. The van der Waals surface area contributed by atoms with Gasteiger partial charge in [0.1, 0.15) is 0 Å². The molecule has 0 aliphatic heterocycles. The van der Waals surface area contributed by atoms with Crippen molar-refractivity contribution in [3.63, 3.8) is 0 Å². The SMILES string of the molecule is CCOC(=O)[C@@H]1[C@H]2CC[C@H](C2)[C@@H]1NC. The van der Waals surface area contributed by atoms with Crippen molar-refractivity contribution in [2.24, 2.45) is 17.8 Å². The third kappa shape index (κ3) is 1.44. The molecular weight excluding hydrogens is 178 g/mol. The molecule has 0 heterocycles. The topological polar surface area (TPSA) is 38.3 Å². The van der Waals surface area contributed by atoms with Crippen LogP contribution in [0.5, 0.6) is 0 Å². The normalized spacial score (nSPS) is 40.1. The Labute approximate surface area is 85.2 Å². The number of hydrogen-bond donors (Lipinski definition) is 1. The van der Waals surface area contributed by atoms with Crippen molar-refractivity contribution in [3.05, 3.63) is 0 Å². The number of carbonyl (C=O) groups is 1. The Morgan fingerprint density at radius 2 is 2.14 bits per heavy atom. The molecule has 1 N–H and O–H groups in total. The molecule has 3 heteroatoms. The maximum atomic E-state index is 11.7. The van der Waals surface area contributed by atoms with E-state index in [-0.39, 0.29) is 11.9 Å². The van der Waals surface area contributed by atoms with Crippen LogP contribution in [0.4, 0.5) is 0 Å². The molecule has 0 spiro atoms. The highest BCUT2D eigenvalue weighted by Gasteiger charge is 2.50. The number of ether oxygens (including phenoxy) is 1. The van der Waals surface area contributed by atoms with Crippen molar-refractivity contribution in [2.45, 2.75) is 32.2 Å². The fourth-order valence-electron chi connectivity index (χ4n) is 3.28. The molecule has 0 unspecified atom stereocenters. The molecule has 2 fully saturated rings. The summed E-state index contributed by atoms with van der Waals surface area (Å²) in [7, 11) is 1.96. The zero-order chi connectivity index (χ0) is 10.1. The fourth-order valence-corrected chi connectivity index (χ4v) is 3.28. The van der Waals surface area contributed by atoms with Gasteiger partial charge in [-0.1, -0.05) is 0 Å². The second kappa shape index (κ2) is 3.89. The van der Waals surface area contributed by atoms with E-state index in [9.17, 15) is 4.79 Å². The quantitative estimate of drug-likeness (QED) is 0.690. The molecular formula is C11H19NO2. The highest BCUT2D eigenvalue weighted by molar-refractivity contribution is 5.74. The van der Waals surface area contributed by atoms with E-state index in [2.05, 4.69) is 5.32 Å². The van der Waals surface area contributed by atoms with Gasteiger partial charge in [-0.2, -0.15) is 0 Å². The van der Waals surface area contributed by atoms with Crippen LogP contribution in [0.25, 0.3) is 0 Å². The highest BCUT2D eigenvalue weighted by atomic mass is 16.5. The molecule has 0 aromatic rings. The molecule has 2 aliphatic rings. The number of nitrogens with one attached hydrogen (secondary N) is 1. The van der Waals surface area contributed by atoms with Gasteiger partial charge in [0.05, 0.1) is 12.5 Å². The second-order valence-electron chi connectivity index (χ2n) is 4.43. The lowest BCUT2D eigenvalue weighted by Gasteiger charge is -2.28. The van der Waals surface area contributed by atoms with Gasteiger partial charge in [-0.25, -0.2) is 0 Å². The average Bonchev–Trinajstić information content (AvgIpc) is 2.76. The minimum atomic E-state index is 0.0130. The molecule has 0 amide bonds. The zero-order valence-corrected chi connectivity index (χ0v) is 8.95. The molecule has 80 valence electrons. The first-order valence-electron chi connectivity index (χ1n) is 5.61. The van der Waals surface area contributed by atoms with E-state index in [0.29, 0.717) is 24.5 Å². The first-order chi connectivity index (χ1) is 6.77. The van der Waals surface area contributed by atoms with Crippen LogP contribution in [0.1, 0.15) is 26.2 Å². The van der Waals surface area contributed by atoms with Crippen LogP contribution in [0, 0.1) is 17.8 Å². The van der Waals surface area contributed by atoms with Gasteiger partial charge in [-0.15, -0.1) is 0 Å². The van der Waals surface area contributed by atoms with Crippen LogP contribution >= 0.6 is 0 Å². The molecule has 2 saturated carbocycles. The number of fused-ring (bicyclic) bond motifs is 2. The monoisotopic (exact) mass is 197 g/mol. The van der Waals surface area contributed by atoms with Gasteiger partial charge < -0.3 is 10.1 Å². The Morgan fingerprint density at radius 1 is 1.43 bits per heavy atom. The predicted molar refractivity (Wildman–Crippen MR) is 53.8 cm³/mol. The van der Waals surface area contributed by atoms with E-state index < -0.39 is 0 Å². The van der Waals surface area contributed by atoms with Crippen LogP contribution in [-0.2, 0) is 9.53 Å². The molecule has 14 heavy (non-hydrogen) atoms. The molecule has 0 aromatic carbocycles. The Bertz CT molecular complexity index is 229. The largest absolute Gasteiger partial charge is 0.466 e. The second-order valence-corrected chi connectivity index (χ2v) is 4.43. The maximum Gasteiger partial charge on any atom is 0.310 e. The van der Waals surface area contributed by atoms with E-state index in [1.165, 1.54) is 19.3 Å². The molecule has 0 saturated heterocycles. The molecule has 0 aromatic heterocycles. The van der Waals surface area contributed by atoms with Crippen molar-refractivity contribution in [3.8, 4) is 0 Å². The fraction of sp³-hybridized carbons (Fsp3) is 0.909. The summed E-state index contributed by atoms with van der Waals surface area (Å²) in [5.41, 5.74) is 0. The third-order valence-corrected chi connectivity index (χ3v) is 3.81. The van der Waals surface area contributed by atoms with Crippen molar-refractivity contribution in [1.82, 2.24) is 5.32 Å². The van der Waals surface area contributed by atoms with Crippen LogP contribution < -0.4 is 5.32 Å². The lowest BCUT2D eigenvalue weighted by molar-refractivity contribution is -0.150. The van der Waals surface area contributed by atoms with Gasteiger partial charge in [-0.05, 0) is 45.1 Å². The predicted octanol–water partition coefficient (Wildman–Crippen LogP) is 1.18. The highest BCUT2D eigenvalue weighted by Crippen LogP contribution is 2.48. The van der Waals surface area contributed by atoms with E-state index >= 15 is 0 Å². The van der Waals surface area contributed by atoms with Gasteiger partial charge in [0.25, 0.3) is 0 Å². The average molecular weight is 197 g/mol. The number of rotatable bonds is 3. The summed E-state index contributed by atoms with van der Waals surface area (Å²) in [4.78, 5) is 11.7. The Morgan fingerprint density at radius 3 is 2.79 bits per heavy atom. The Hall–Kier alpha value is -0.570. The molecule has 0 radical (unpaired) electrons. The third-order valence-electron chi connectivity index (χ3n) is 3.81. The van der Waals surface area contributed by atoms with Gasteiger partial charge in [0, 0.05) is 6.04 Å². The Kier molecular flexibility index (Phi) is 2.77. The van der Waals surface area contributed by atoms with Crippen LogP contribution in [-0.4, -0.2) is 25.7 Å². The summed E-state index contributed by atoms with van der Waals surface area (Å²) in [6, 6.07) is 0.368. The lowest BCUT2D eigenvalue weighted by atomic mass is 9.84. The van der Waals surface area contributed by atoms with E-state index in [4.69, 9.17) is 4.74 Å². The summed E-state index contributed by atoms with van der Waals surface area (Å²) in [5, 5.41) is 3.28. The summed E-state index contributed by atoms with van der Waals surface area (Å²) >= 11 is 0. The van der Waals surface area contributed by atoms with Gasteiger partial charge in [0.2, 0.25) is 0 Å². The van der Waals surface area contributed by atoms with Gasteiger partial charge in [-0.3, -0.25) is 4.79 Å². The zero-order valence-electron chi connectivity index (χ0n) is 8.95. The van der Waals surface area contributed by atoms with Gasteiger partial charge in [0.15, 0.2) is 0 Å². The van der Waals surface area contributed by atoms with Crippen molar-refractivity contribution >= 4 is 5.97 Å². The van der Waals surface area contributed by atoms with E-state index in [1.54, 1.807) is 0 Å². The molecule has 3 nitrogen and oxygen atoms in total. The van der Waals surface area contributed by atoms with Crippen molar-refractivity contribution < 1.29 is 9.53 Å². The van der Waals surface area contributed by atoms with Crippen LogP contribution in [0.15, 0.2) is 0 Å². The standard InChI is InChI=1S/C11H19NO2/c1-3-14-11(13)9-7-4-5-8(6-7)10(9)12-2/h7-10,12H,3-6H2,1-2H3/t7-,8+,9+,10-/m0/s1. The minimum Gasteiger partial charge on any atom is -0.466 e. The minimum absolute atomic E-state index is 0.0130. The smallest absolute Gasteiger partial charge is 0.310 e. The maximum absolute atomic E-state index is 11.7. The van der Waals surface area contributed by atoms with Crippen LogP contribution in [0.3, 0.4) is 0 Å². The summed E-state index contributed by atoms with van der Waals surface area (Å²) in [5.74, 6) is 1.42. The number of esters is 1. The molecule has 2 aliphatic carbocycles. The molecule has 2 bridgehead atoms. The first-order valence-corrected chi connectivity index (χ1v) is 5.61. The summed E-state index contributed by atoms with van der Waals surface area (Å²) in [6.07, 6.45) is 3.72. The van der Waals surface area contributed by atoms with Crippen LogP contribution in [0.2, 0.25) is 0 Å².